The van der Waals surface area contributed by atoms with Gasteiger partial charge in [0.2, 0.25) is 5.91 Å². The molecule has 0 aliphatic carbocycles. The van der Waals surface area contributed by atoms with E-state index in [4.69, 9.17) is 11.6 Å². The summed E-state index contributed by atoms with van der Waals surface area (Å²) in [6, 6.07) is 16.9. The number of carbonyl (C=O) groups is 2. The molecule has 0 saturated carbocycles. The fourth-order valence-corrected chi connectivity index (χ4v) is 2.67. The Morgan fingerprint density at radius 1 is 0.958 bits per heavy atom. The number of amides is 2. The summed E-state index contributed by atoms with van der Waals surface area (Å²) in [5.41, 5.74) is 2.03. The molecule has 24 heavy (non-hydrogen) atoms. The molecule has 3 aromatic rings. The predicted molar refractivity (Wildman–Crippen MR) is 93.9 cm³/mol. The first-order valence-corrected chi connectivity index (χ1v) is 7.88. The lowest BCUT2D eigenvalue weighted by atomic mass is 10.2. The minimum atomic E-state index is -0.411. The van der Waals surface area contributed by atoms with Crippen molar-refractivity contribution in [3.8, 4) is 0 Å². The molecule has 0 aliphatic heterocycles. The first-order valence-electron chi connectivity index (χ1n) is 7.50. The molecular weight excluding hydrogens is 326 g/mol. The molecule has 0 fully saturated rings. The Hall–Kier alpha value is -2.79. The van der Waals surface area contributed by atoms with E-state index in [1.54, 1.807) is 0 Å². The normalized spacial score (nSPS) is 10.5. The number of benzene rings is 2. The van der Waals surface area contributed by atoms with Crippen molar-refractivity contribution in [1.82, 2.24) is 15.6 Å². The maximum absolute atomic E-state index is 12.2. The molecule has 2 aromatic carbocycles. The molecule has 122 valence electrons. The van der Waals surface area contributed by atoms with Crippen LogP contribution in [0.4, 0.5) is 0 Å². The third-order valence-electron chi connectivity index (χ3n) is 3.61. The number of hydrogen-bond donors (Lipinski definition) is 3. The molecule has 3 rings (SSSR count). The van der Waals surface area contributed by atoms with Gasteiger partial charge in [0.1, 0.15) is 5.69 Å². The fraction of sp³-hybridized carbons (Fsp3) is 0.111. The van der Waals surface area contributed by atoms with Crippen molar-refractivity contribution in [2.75, 3.05) is 6.54 Å². The van der Waals surface area contributed by atoms with Crippen molar-refractivity contribution >= 4 is 34.3 Å². The average Bonchev–Trinajstić information content (AvgIpc) is 2.96. The summed E-state index contributed by atoms with van der Waals surface area (Å²) in [6.45, 7) is 0.306. The van der Waals surface area contributed by atoms with E-state index in [1.165, 1.54) is 0 Å². The summed E-state index contributed by atoms with van der Waals surface area (Å²) in [5.74, 6) is -0.675. The molecule has 0 bridgehead atoms. The van der Waals surface area contributed by atoms with Gasteiger partial charge in [-0.05, 0) is 11.6 Å². The van der Waals surface area contributed by atoms with Gasteiger partial charge in [0, 0.05) is 17.4 Å². The Morgan fingerprint density at radius 3 is 2.42 bits per heavy atom. The van der Waals surface area contributed by atoms with Gasteiger partial charge in [0.05, 0.1) is 11.6 Å². The van der Waals surface area contributed by atoms with E-state index in [0.717, 1.165) is 16.5 Å². The summed E-state index contributed by atoms with van der Waals surface area (Å²) < 4.78 is 0. The summed E-state index contributed by atoms with van der Waals surface area (Å²) in [7, 11) is 0. The van der Waals surface area contributed by atoms with Crippen LogP contribution in [0.1, 0.15) is 16.1 Å². The Balaban J connectivity index is 1.56. The van der Waals surface area contributed by atoms with Crippen molar-refractivity contribution in [3.63, 3.8) is 0 Å². The number of hydrogen-bond acceptors (Lipinski definition) is 2. The van der Waals surface area contributed by atoms with Crippen LogP contribution in [-0.2, 0) is 11.3 Å². The topological polar surface area (TPSA) is 74.0 Å². The number of aromatic amines is 1. The van der Waals surface area contributed by atoms with Gasteiger partial charge in [-0.1, -0.05) is 60.1 Å². The minimum absolute atomic E-state index is 0.114. The van der Waals surface area contributed by atoms with Gasteiger partial charge in [-0.2, -0.15) is 0 Å². The van der Waals surface area contributed by atoms with Gasteiger partial charge in [-0.3, -0.25) is 9.59 Å². The SMILES string of the molecule is O=C(CNC(=O)c1[nH]c2ccccc2c1Cl)NCc1ccccc1. The zero-order valence-corrected chi connectivity index (χ0v) is 13.6. The Morgan fingerprint density at radius 2 is 1.67 bits per heavy atom. The van der Waals surface area contributed by atoms with Gasteiger partial charge in [0.15, 0.2) is 0 Å². The van der Waals surface area contributed by atoms with Crippen LogP contribution in [0.15, 0.2) is 54.6 Å². The number of fused-ring (bicyclic) bond motifs is 1. The molecule has 2 amide bonds. The molecule has 0 aliphatic rings. The summed E-state index contributed by atoms with van der Waals surface area (Å²) in [5, 5.41) is 6.45. The molecule has 0 radical (unpaired) electrons. The van der Waals surface area contributed by atoms with Gasteiger partial charge >= 0.3 is 0 Å². The third kappa shape index (κ3) is 3.58. The second kappa shape index (κ2) is 7.19. The fourth-order valence-electron chi connectivity index (χ4n) is 2.37. The first-order chi connectivity index (χ1) is 11.6. The minimum Gasteiger partial charge on any atom is -0.350 e. The van der Waals surface area contributed by atoms with E-state index in [2.05, 4.69) is 15.6 Å². The smallest absolute Gasteiger partial charge is 0.269 e. The highest BCUT2D eigenvalue weighted by molar-refractivity contribution is 6.38. The highest BCUT2D eigenvalue weighted by Crippen LogP contribution is 2.26. The van der Waals surface area contributed by atoms with Crippen LogP contribution in [0.2, 0.25) is 5.02 Å². The summed E-state index contributed by atoms with van der Waals surface area (Å²) in [4.78, 5) is 27.0. The van der Waals surface area contributed by atoms with E-state index in [1.807, 2.05) is 54.6 Å². The maximum atomic E-state index is 12.2. The van der Waals surface area contributed by atoms with Crippen molar-refractivity contribution in [1.29, 1.82) is 0 Å². The van der Waals surface area contributed by atoms with Crippen molar-refractivity contribution in [2.45, 2.75) is 6.54 Å². The second-order valence-electron chi connectivity index (χ2n) is 5.30. The molecule has 6 heteroatoms. The van der Waals surface area contributed by atoms with Gasteiger partial charge in [-0.15, -0.1) is 0 Å². The lowest BCUT2D eigenvalue weighted by Gasteiger charge is -2.06. The molecule has 1 heterocycles. The molecule has 0 spiro atoms. The number of H-pyrrole nitrogens is 1. The van der Waals surface area contributed by atoms with Crippen LogP contribution in [0.5, 0.6) is 0 Å². The predicted octanol–water partition coefficient (Wildman–Crippen LogP) is 2.87. The average molecular weight is 342 g/mol. The first kappa shape index (κ1) is 16.1. The van der Waals surface area contributed by atoms with Crippen LogP contribution in [-0.4, -0.2) is 23.3 Å². The second-order valence-corrected chi connectivity index (χ2v) is 5.68. The van der Waals surface area contributed by atoms with E-state index in [-0.39, 0.29) is 18.1 Å². The monoisotopic (exact) mass is 341 g/mol. The zero-order valence-electron chi connectivity index (χ0n) is 12.8. The number of para-hydroxylation sites is 1. The lowest BCUT2D eigenvalue weighted by Crippen LogP contribution is -2.36. The number of aromatic nitrogens is 1. The van der Waals surface area contributed by atoms with Gasteiger partial charge in [-0.25, -0.2) is 0 Å². The van der Waals surface area contributed by atoms with Crippen LogP contribution in [0.3, 0.4) is 0 Å². The molecule has 3 N–H and O–H groups in total. The van der Waals surface area contributed by atoms with Gasteiger partial charge in [0.25, 0.3) is 5.91 Å². The van der Waals surface area contributed by atoms with Crippen molar-refractivity contribution in [2.24, 2.45) is 0 Å². The Labute approximate surface area is 144 Å². The molecule has 0 unspecified atom stereocenters. The number of carbonyl (C=O) groups excluding carboxylic acids is 2. The zero-order chi connectivity index (χ0) is 16.9. The largest absolute Gasteiger partial charge is 0.350 e. The quantitative estimate of drug-likeness (QED) is 0.667. The van der Waals surface area contributed by atoms with Crippen LogP contribution in [0, 0.1) is 0 Å². The standard InChI is InChI=1S/C18H16ClN3O2/c19-16-13-8-4-5-9-14(13)22-17(16)18(24)21-11-15(23)20-10-12-6-2-1-3-7-12/h1-9,22H,10-11H2,(H,20,23)(H,21,24). The highest BCUT2D eigenvalue weighted by atomic mass is 35.5. The lowest BCUT2D eigenvalue weighted by molar-refractivity contribution is -0.120. The van der Waals surface area contributed by atoms with Crippen LogP contribution >= 0.6 is 11.6 Å². The third-order valence-corrected chi connectivity index (χ3v) is 4.00. The summed E-state index contributed by atoms with van der Waals surface area (Å²) >= 11 is 6.22. The van der Waals surface area contributed by atoms with Crippen LogP contribution < -0.4 is 10.6 Å². The van der Waals surface area contributed by atoms with E-state index < -0.39 is 5.91 Å². The number of rotatable bonds is 5. The molecule has 0 atom stereocenters. The molecule has 0 saturated heterocycles. The summed E-state index contributed by atoms with van der Waals surface area (Å²) in [6.07, 6.45) is 0. The number of halogens is 1. The molecule has 1 aromatic heterocycles. The Bertz CT molecular complexity index is 874. The molecule has 5 nitrogen and oxygen atoms in total. The van der Waals surface area contributed by atoms with Crippen molar-refractivity contribution in [3.05, 3.63) is 70.9 Å². The highest BCUT2D eigenvalue weighted by Gasteiger charge is 2.16. The van der Waals surface area contributed by atoms with Crippen LogP contribution in [0.25, 0.3) is 10.9 Å². The number of nitrogens with one attached hydrogen (secondary N) is 3. The Kier molecular flexibility index (Phi) is 4.82. The molecular formula is C18H16ClN3O2. The van der Waals surface area contributed by atoms with E-state index in [0.29, 0.717) is 11.6 Å². The maximum Gasteiger partial charge on any atom is 0.269 e. The van der Waals surface area contributed by atoms with E-state index >= 15 is 0 Å². The van der Waals surface area contributed by atoms with Crippen molar-refractivity contribution < 1.29 is 9.59 Å². The van der Waals surface area contributed by atoms with E-state index in [9.17, 15) is 9.59 Å². The van der Waals surface area contributed by atoms with Gasteiger partial charge < -0.3 is 15.6 Å².